The summed E-state index contributed by atoms with van der Waals surface area (Å²) < 4.78 is 15.1. The van der Waals surface area contributed by atoms with E-state index in [1.807, 2.05) is 30.3 Å². The summed E-state index contributed by atoms with van der Waals surface area (Å²) in [7, 11) is 0. The normalized spacial score (nSPS) is 10.8. The lowest BCUT2D eigenvalue weighted by atomic mass is 10.1. The fraction of sp³-hybridized carbons (Fsp3) is 0.0500. The van der Waals surface area contributed by atoms with Crippen LogP contribution in [0.4, 0.5) is 21.7 Å². The molecule has 4 rings (SSSR count). The number of benzene rings is 2. The van der Waals surface area contributed by atoms with Crippen LogP contribution in [0.15, 0.2) is 60.7 Å². The van der Waals surface area contributed by atoms with Crippen molar-refractivity contribution >= 4 is 40.5 Å². The molecule has 8 heteroatoms. The van der Waals surface area contributed by atoms with Gasteiger partial charge in [0.05, 0.1) is 10.7 Å². The van der Waals surface area contributed by atoms with E-state index < -0.39 is 5.82 Å². The van der Waals surface area contributed by atoms with Gasteiger partial charge in [0, 0.05) is 23.9 Å². The van der Waals surface area contributed by atoms with Crippen LogP contribution in [0, 0.1) is 5.82 Å². The van der Waals surface area contributed by atoms with Gasteiger partial charge in [-0.2, -0.15) is 4.98 Å². The highest BCUT2D eigenvalue weighted by Crippen LogP contribution is 2.26. The Labute approximate surface area is 165 Å². The summed E-state index contributed by atoms with van der Waals surface area (Å²) in [6, 6.07) is 17.3. The third-order valence-electron chi connectivity index (χ3n) is 4.04. The van der Waals surface area contributed by atoms with E-state index in [4.69, 9.17) is 11.6 Å². The zero-order valence-electron chi connectivity index (χ0n) is 14.8. The molecular weight excluding hydrogens is 381 g/mol. The van der Waals surface area contributed by atoms with Gasteiger partial charge in [-0.25, -0.2) is 8.91 Å². The van der Waals surface area contributed by atoms with E-state index in [0.717, 1.165) is 16.9 Å². The number of anilines is 3. The molecule has 0 aliphatic heterocycles. The summed E-state index contributed by atoms with van der Waals surface area (Å²) in [6.45, 7) is 1.46. The van der Waals surface area contributed by atoms with Gasteiger partial charge in [-0.15, -0.1) is 5.10 Å². The van der Waals surface area contributed by atoms with Gasteiger partial charge >= 0.3 is 0 Å². The van der Waals surface area contributed by atoms with Crippen molar-refractivity contribution in [3.8, 4) is 11.3 Å². The number of amides is 1. The molecule has 6 nitrogen and oxygen atoms in total. The molecule has 0 spiro atoms. The van der Waals surface area contributed by atoms with Crippen molar-refractivity contribution in [2.45, 2.75) is 6.92 Å². The van der Waals surface area contributed by atoms with Crippen molar-refractivity contribution in [3.05, 3.63) is 71.5 Å². The van der Waals surface area contributed by atoms with Crippen LogP contribution in [-0.2, 0) is 4.79 Å². The maximum Gasteiger partial charge on any atom is 0.247 e. The first kappa shape index (κ1) is 17.9. The third kappa shape index (κ3) is 3.65. The number of pyridine rings is 1. The second-order valence-corrected chi connectivity index (χ2v) is 6.54. The average molecular weight is 396 g/mol. The Bertz CT molecular complexity index is 1170. The summed E-state index contributed by atoms with van der Waals surface area (Å²) in [5.74, 6) is -0.190. The number of halogens is 2. The lowest BCUT2D eigenvalue weighted by Gasteiger charge is -2.05. The molecule has 2 aromatic heterocycles. The van der Waals surface area contributed by atoms with Crippen LogP contribution in [0.25, 0.3) is 16.9 Å². The van der Waals surface area contributed by atoms with Crippen molar-refractivity contribution in [1.82, 2.24) is 14.6 Å². The molecule has 140 valence electrons. The van der Waals surface area contributed by atoms with Gasteiger partial charge in [-0.3, -0.25) is 4.79 Å². The predicted molar refractivity (Wildman–Crippen MR) is 107 cm³/mol. The number of nitrogens with one attached hydrogen (secondary N) is 2. The molecule has 0 fully saturated rings. The van der Waals surface area contributed by atoms with Crippen LogP contribution in [0.3, 0.4) is 0 Å². The van der Waals surface area contributed by atoms with E-state index in [0.29, 0.717) is 17.3 Å². The molecule has 2 heterocycles. The molecule has 0 aliphatic carbocycles. The van der Waals surface area contributed by atoms with Crippen molar-refractivity contribution in [1.29, 1.82) is 0 Å². The first-order chi connectivity index (χ1) is 13.5. The lowest BCUT2D eigenvalue weighted by Crippen LogP contribution is -2.05. The standard InChI is InChI=1S/C20H15ClFN5O/c1-12(28)23-14-6-8-15(9-7-14)24-20-25-19-4-2-3-18(27(19)26-20)13-5-10-17(22)16(21)11-13/h2-11H,1H3,(H,23,28)(H,24,26). The Kier molecular flexibility index (Phi) is 4.67. The van der Waals surface area contributed by atoms with E-state index in [2.05, 4.69) is 20.7 Å². The number of carbonyl (C=O) groups is 1. The highest BCUT2D eigenvalue weighted by Gasteiger charge is 2.11. The highest BCUT2D eigenvalue weighted by atomic mass is 35.5. The molecule has 4 aromatic rings. The number of rotatable bonds is 4. The molecular formula is C20H15ClFN5O. The third-order valence-corrected chi connectivity index (χ3v) is 4.33. The van der Waals surface area contributed by atoms with Crippen LogP contribution in [0.5, 0.6) is 0 Å². The maximum atomic E-state index is 13.5. The largest absolute Gasteiger partial charge is 0.326 e. The number of hydrogen-bond donors (Lipinski definition) is 2. The smallest absolute Gasteiger partial charge is 0.247 e. The first-order valence-electron chi connectivity index (χ1n) is 8.45. The van der Waals surface area contributed by atoms with Crippen molar-refractivity contribution < 1.29 is 9.18 Å². The number of nitrogens with zero attached hydrogens (tertiary/aromatic N) is 3. The van der Waals surface area contributed by atoms with Crippen molar-refractivity contribution in [2.24, 2.45) is 0 Å². The summed E-state index contributed by atoms with van der Waals surface area (Å²) in [4.78, 5) is 15.6. The van der Waals surface area contributed by atoms with E-state index >= 15 is 0 Å². The minimum absolute atomic E-state index is 0.0484. The number of aromatic nitrogens is 3. The van der Waals surface area contributed by atoms with Gasteiger partial charge < -0.3 is 10.6 Å². The predicted octanol–water partition coefficient (Wildman–Crippen LogP) is 4.89. The number of hydrogen-bond acceptors (Lipinski definition) is 4. The van der Waals surface area contributed by atoms with Crippen molar-refractivity contribution in [2.75, 3.05) is 10.6 Å². The molecule has 0 bridgehead atoms. The first-order valence-corrected chi connectivity index (χ1v) is 8.83. The van der Waals surface area contributed by atoms with E-state index in [1.165, 1.54) is 13.0 Å². The average Bonchev–Trinajstić information content (AvgIpc) is 3.07. The van der Waals surface area contributed by atoms with Crippen LogP contribution in [0.1, 0.15) is 6.92 Å². The Morgan fingerprint density at radius 1 is 1.07 bits per heavy atom. The second-order valence-electron chi connectivity index (χ2n) is 6.13. The van der Waals surface area contributed by atoms with E-state index in [9.17, 15) is 9.18 Å². The molecule has 2 N–H and O–H groups in total. The van der Waals surface area contributed by atoms with Gasteiger partial charge in [-0.05, 0) is 54.6 Å². The quantitative estimate of drug-likeness (QED) is 0.516. The second kappa shape index (κ2) is 7.28. The van der Waals surface area contributed by atoms with Crippen LogP contribution < -0.4 is 10.6 Å². The highest BCUT2D eigenvalue weighted by molar-refractivity contribution is 6.31. The van der Waals surface area contributed by atoms with Gasteiger partial charge in [0.2, 0.25) is 11.9 Å². The zero-order chi connectivity index (χ0) is 19.7. The Hall–Kier alpha value is -3.45. The van der Waals surface area contributed by atoms with Crippen LogP contribution >= 0.6 is 11.6 Å². The Morgan fingerprint density at radius 3 is 2.54 bits per heavy atom. The topological polar surface area (TPSA) is 71.3 Å². The molecule has 0 aliphatic rings. The van der Waals surface area contributed by atoms with Crippen LogP contribution in [0.2, 0.25) is 5.02 Å². The molecule has 2 aromatic carbocycles. The zero-order valence-corrected chi connectivity index (χ0v) is 15.5. The molecule has 0 radical (unpaired) electrons. The maximum absolute atomic E-state index is 13.5. The lowest BCUT2D eigenvalue weighted by molar-refractivity contribution is -0.114. The number of carbonyl (C=O) groups excluding carboxylic acids is 1. The summed E-state index contributed by atoms with van der Waals surface area (Å²) in [6.07, 6.45) is 0. The minimum atomic E-state index is -0.471. The summed E-state index contributed by atoms with van der Waals surface area (Å²) in [5, 5.41) is 10.4. The molecule has 0 saturated heterocycles. The SMILES string of the molecule is CC(=O)Nc1ccc(Nc2nc3cccc(-c4ccc(F)c(Cl)c4)n3n2)cc1. The summed E-state index contributed by atoms with van der Waals surface area (Å²) >= 11 is 5.91. The molecule has 0 atom stereocenters. The Balaban J connectivity index is 1.65. The molecule has 0 saturated carbocycles. The van der Waals surface area contributed by atoms with Gasteiger partial charge in [-0.1, -0.05) is 17.7 Å². The summed E-state index contributed by atoms with van der Waals surface area (Å²) in [5.41, 5.74) is 3.58. The van der Waals surface area contributed by atoms with Gasteiger partial charge in [0.25, 0.3) is 0 Å². The van der Waals surface area contributed by atoms with E-state index in [-0.39, 0.29) is 10.9 Å². The van der Waals surface area contributed by atoms with Crippen LogP contribution in [-0.4, -0.2) is 20.5 Å². The molecule has 1 amide bonds. The van der Waals surface area contributed by atoms with Gasteiger partial charge in [0.15, 0.2) is 5.65 Å². The van der Waals surface area contributed by atoms with Gasteiger partial charge in [0.1, 0.15) is 5.82 Å². The molecule has 0 unspecified atom stereocenters. The molecule has 28 heavy (non-hydrogen) atoms. The fourth-order valence-electron chi connectivity index (χ4n) is 2.80. The van der Waals surface area contributed by atoms with E-state index in [1.54, 1.807) is 28.8 Å². The van der Waals surface area contributed by atoms with Crippen molar-refractivity contribution in [3.63, 3.8) is 0 Å². The fourth-order valence-corrected chi connectivity index (χ4v) is 2.98. The number of fused-ring (bicyclic) bond motifs is 1. The monoisotopic (exact) mass is 395 g/mol. The minimum Gasteiger partial charge on any atom is -0.326 e. The Morgan fingerprint density at radius 2 is 1.82 bits per heavy atom.